The van der Waals surface area contributed by atoms with Crippen LogP contribution in [0, 0.1) is 52.3 Å². The van der Waals surface area contributed by atoms with Crippen molar-refractivity contribution in [3.63, 3.8) is 0 Å². The second-order valence-electron chi connectivity index (χ2n) is 13.2. The van der Waals surface area contributed by atoms with Gasteiger partial charge < -0.3 is 14.9 Å². The zero-order valence-corrected chi connectivity index (χ0v) is 22.6. The van der Waals surface area contributed by atoms with E-state index in [4.69, 9.17) is 9.99 Å². The molecule has 0 aromatic heterocycles. The third-order valence-corrected chi connectivity index (χ3v) is 11.7. The van der Waals surface area contributed by atoms with Crippen molar-refractivity contribution in [2.45, 2.75) is 117 Å². The SMILES string of the molecule is CCC(C)C(=O)OC1CCC2(C)C(C1)CC(O)C1C2CC(O)C2(C)C(C(C)CCCOO)CCC12. The Labute approximate surface area is 212 Å². The van der Waals surface area contributed by atoms with Crippen molar-refractivity contribution < 1.29 is 29.9 Å². The number of aliphatic hydroxyl groups is 2. The van der Waals surface area contributed by atoms with Gasteiger partial charge in [0, 0.05) is 0 Å². The number of carbonyl (C=O) groups excluding carboxylic acids is 1. The molecule has 0 spiro atoms. The van der Waals surface area contributed by atoms with Gasteiger partial charge in [0.05, 0.1) is 24.7 Å². The fraction of sp³-hybridized carbons (Fsp3) is 0.966. The highest BCUT2D eigenvalue weighted by molar-refractivity contribution is 5.72. The maximum atomic E-state index is 12.4. The summed E-state index contributed by atoms with van der Waals surface area (Å²) in [5, 5.41) is 32.0. The molecular weight excluding hydrogens is 444 g/mol. The summed E-state index contributed by atoms with van der Waals surface area (Å²) >= 11 is 0. The average Bonchev–Trinajstić information content (AvgIpc) is 3.18. The second kappa shape index (κ2) is 10.6. The van der Waals surface area contributed by atoms with Gasteiger partial charge in [-0.05, 0) is 111 Å². The maximum absolute atomic E-state index is 12.4. The van der Waals surface area contributed by atoms with Gasteiger partial charge in [-0.15, -0.1) is 0 Å². The Morgan fingerprint density at radius 1 is 1.06 bits per heavy atom. The van der Waals surface area contributed by atoms with Crippen LogP contribution in [0.3, 0.4) is 0 Å². The van der Waals surface area contributed by atoms with Crippen molar-refractivity contribution in [1.29, 1.82) is 0 Å². The summed E-state index contributed by atoms with van der Waals surface area (Å²) < 4.78 is 5.90. The van der Waals surface area contributed by atoms with E-state index in [2.05, 4.69) is 25.7 Å². The van der Waals surface area contributed by atoms with Crippen LogP contribution in [0.1, 0.15) is 98.8 Å². The van der Waals surface area contributed by atoms with Crippen LogP contribution in [0.15, 0.2) is 0 Å². The van der Waals surface area contributed by atoms with Crippen LogP contribution in [0.25, 0.3) is 0 Å². The minimum absolute atomic E-state index is 0.0447. The van der Waals surface area contributed by atoms with E-state index in [0.29, 0.717) is 36.2 Å². The van der Waals surface area contributed by atoms with Crippen LogP contribution in [0.4, 0.5) is 0 Å². The molecule has 12 unspecified atom stereocenters. The Hall–Kier alpha value is -0.690. The van der Waals surface area contributed by atoms with Gasteiger partial charge in [-0.2, -0.15) is 0 Å². The Bertz CT molecular complexity index is 743. The van der Waals surface area contributed by atoms with Gasteiger partial charge >= 0.3 is 5.97 Å². The summed E-state index contributed by atoms with van der Waals surface area (Å²) in [6.07, 6.45) is 8.29. The maximum Gasteiger partial charge on any atom is 0.308 e. The first-order valence-corrected chi connectivity index (χ1v) is 14.4. The molecule has 0 aliphatic heterocycles. The number of carbonyl (C=O) groups is 1. The largest absolute Gasteiger partial charge is 0.462 e. The van der Waals surface area contributed by atoms with Gasteiger partial charge in [0.1, 0.15) is 6.10 Å². The molecular formula is C29H50O6. The molecule has 4 fully saturated rings. The number of hydrogen-bond acceptors (Lipinski definition) is 6. The molecule has 12 atom stereocenters. The Kier molecular flexibility index (Phi) is 8.27. The highest BCUT2D eigenvalue weighted by Crippen LogP contribution is 2.68. The molecule has 0 bridgehead atoms. The quantitative estimate of drug-likeness (QED) is 0.180. The number of fused-ring (bicyclic) bond motifs is 5. The van der Waals surface area contributed by atoms with Gasteiger partial charge in [0.15, 0.2) is 0 Å². The van der Waals surface area contributed by atoms with E-state index in [1.54, 1.807) is 0 Å². The zero-order chi connectivity index (χ0) is 25.5. The van der Waals surface area contributed by atoms with Gasteiger partial charge in [0.25, 0.3) is 0 Å². The monoisotopic (exact) mass is 494 g/mol. The summed E-state index contributed by atoms with van der Waals surface area (Å²) in [5.41, 5.74) is -0.0957. The van der Waals surface area contributed by atoms with E-state index in [9.17, 15) is 15.0 Å². The number of aliphatic hydroxyl groups excluding tert-OH is 2. The van der Waals surface area contributed by atoms with Crippen molar-refractivity contribution in [2.24, 2.45) is 52.3 Å². The third-order valence-electron chi connectivity index (χ3n) is 11.7. The number of esters is 1. The fourth-order valence-corrected chi connectivity index (χ4v) is 9.34. The number of rotatable bonds is 8. The molecule has 0 radical (unpaired) electrons. The number of hydrogen-bond donors (Lipinski definition) is 3. The second-order valence-corrected chi connectivity index (χ2v) is 13.2. The normalized spacial score (nSPS) is 46.7. The molecule has 4 aliphatic carbocycles. The van der Waals surface area contributed by atoms with Gasteiger partial charge in [-0.3, -0.25) is 10.1 Å². The lowest BCUT2D eigenvalue weighted by Gasteiger charge is -2.63. The van der Waals surface area contributed by atoms with E-state index in [1.807, 2.05) is 13.8 Å². The zero-order valence-electron chi connectivity index (χ0n) is 22.6. The van der Waals surface area contributed by atoms with Crippen LogP contribution >= 0.6 is 0 Å². The van der Waals surface area contributed by atoms with Crippen molar-refractivity contribution in [3.05, 3.63) is 0 Å². The molecule has 6 nitrogen and oxygen atoms in total. The predicted octanol–water partition coefficient (Wildman–Crippen LogP) is 5.45. The van der Waals surface area contributed by atoms with E-state index in [0.717, 1.165) is 64.2 Å². The van der Waals surface area contributed by atoms with Crippen LogP contribution in [-0.4, -0.2) is 46.4 Å². The van der Waals surface area contributed by atoms with Crippen molar-refractivity contribution in [1.82, 2.24) is 0 Å². The van der Waals surface area contributed by atoms with Crippen molar-refractivity contribution in [3.8, 4) is 0 Å². The molecule has 0 aromatic rings. The minimum Gasteiger partial charge on any atom is -0.462 e. The summed E-state index contributed by atoms with van der Waals surface area (Å²) in [6, 6.07) is 0. The minimum atomic E-state index is -0.360. The van der Waals surface area contributed by atoms with Gasteiger partial charge in [-0.25, -0.2) is 4.89 Å². The molecule has 202 valence electrons. The Morgan fingerprint density at radius 2 is 1.80 bits per heavy atom. The van der Waals surface area contributed by atoms with Crippen LogP contribution < -0.4 is 0 Å². The highest BCUT2D eigenvalue weighted by Gasteiger charge is 2.65. The molecule has 6 heteroatoms. The Morgan fingerprint density at radius 3 is 2.49 bits per heavy atom. The summed E-state index contributed by atoms with van der Waals surface area (Å²) in [7, 11) is 0. The number of ether oxygens (including phenoxy) is 1. The van der Waals surface area contributed by atoms with E-state index < -0.39 is 0 Å². The topological polar surface area (TPSA) is 96.2 Å². The van der Waals surface area contributed by atoms with Gasteiger partial charge in [-0.1, -0.05) is 34.6 Å². The standard InChI is InChI=1S/C29H50O6/c1-6-17(2)27(32)35-20-11-12-28(4)19(14-20)15-24(30)26-22-10-9-21(18(3)8-7-13-34-33)29(22,5)25(31)16-23(26)28/h17-26,30-31,33H,6-16H2,1-5H3. The molecule has 3 N–H and O–H groups in total. The highest BCUT2D eigenvalue weighted by atomic mass is 17.1. The fourth-order valence-electron chi connectivity index (χ4n) is 9.34. The van der Waals surface area contributed by atoms with Crippen LogP contribution in [0.5, 0.6) is 0 Å². The van der Waals surface area contributed by atoms with Gasteiger partial charge in [0.2, 0.25) is 0 Å². The van der Waals surface area contributed by atoms with E-state index >= 15 is 0 Å². The third kappa shape index (κ3) is 4.70. The molecule has 0 amide bonds. The molecule has 4 saturated carbocycles. The molecule has 35 heavy (non-hydrogen) atoms. The molecule has 0 saturated heterocycles. The Balaban J connectivity index is 1.50. The summed E-state index contributed by atoms with van der Waals surface area (Å²) in [4.78, 5) is 16.7. The first kappa shape index (κ1) is 27.3. The van der Waals surface area contributed by atoms with E-state index in [1.165, 1.54) is 0 Å². The lowest BCUT2D eigenvalue weighted by molar-refractivity contribution is -0.243. The van der Waals surface area contributed by atoms with Crippen LogP contribution in [-0.2, 0) is 14.4 Å². The lowest BCUT2D eigenvalue weighted by atomic mass is 9.43. The first-order valence-electron chi connectivity index (χ1n) is 14.4. The van der Waals surface area contributed by atoms with E-state index in [-0.39, 0.29) is 46.9 Å². The summed E-state index contributed by atoms with van der Waals surface area (Å²) in [5.74, 6) is 1.94. The van der Waals surface area contributed by atoms with Crippen molar-refractivity contribution in [2.75, 3.05) is 6.61 Å². The molecule has 0 heterocycles. The molecule has 4 aliphatic rings. The smallest absolute Gasteiger partial charge is 0.308 e. The predicted molar refractivity (Wildman–Crippen MR) is 134 cm³/mol. The van der Waals surface area contributed by atoms with Crippen LogP contribution in [0.2, 0.25) is 0 Å². The molecule has 0 aromatic carbocycles. The van der Waals surface area contributed by atoms with Crippen molar-refractivity contribution >= 4 is 5.97 Å². The molecule has 4 rings (SSSR count). The average molecular weight is 495 g/mol. The summed E-state index contributed by atoms with van der Waals surface area (Å²) in [6.45, 7) is 11.3. The first-order chi connectivity index (χ1) is 16.6. The lowest BCUT2D eigenvalue weighted by Crippen LogP contribution is -2.62.